The molecule has 0 bridgehead atoms. The predicted octanol–water partition coefficient (Wildman–Crippen LogP) is 3.25. The average molecular weight is 278 g/mol. The first-order chi connectivity index (χ1) is 10.1. The van der Waals surface area contributed by atoms with E-state index in [-0.39, 0.29) is 0 Å². The number of hydrogen-bond donors (Lipinski definition) is 1. The zero-order chi connectivity index (χ0) is 15.2. The Hall–Kier alpha value is -2.24. The number of anilines is 1. The second-order valence-corrected chi connectivity index (χ2v) is 5.35. The smallest absolute Gasteiger partial charge is 0.0555 e. The minimum Gasteiger partial charge on any atom is -0.370 e. The maximum absolute atomic E-state index is 5.38. The lowest BCUT2D eigenvalue weighted by molar-refractivity contribution is 0.916. The molecule has 0 aromatic heterocycles. The van der Waals surface area contributed by atoms with Crippen LogP contribution in [0.4, 0.5) is 5.69 Å². The van der Waals surface area contributed by atoms with Crippen LogP contribution in [0.3, 0.4) is 0 Å². The number of nitrogens with zero attached hydrogens (tertiary/aromatic N) is 1. The van der Waals surface area contributed by atoms with E-state index in [0.717, 1.165) is 12.1 Å². The predicted molar refractivity (Wildman–Crippen MR) is 90.4 cm³/mol. The maximum atomic E-state index is 5.38. The number of rotatable bonds is 3. The summed E-state index contributed by atoms with van der Waals surface area (Å²) in [5, 5.41) is 0. The molecule has 0 saturated carbocycles. The maximum Gasteiger partial charge on any atom is 0.0555 e. The Bertz CT molecular complexity index is 660. The molecule has 0 aliphatic heterocycles. The number of hydrogen-bond acceptors (Lipinski definition) is 2. The lowest BCUT2D eigenvalue weighted by atomic mass is 10.1. The molecule has 2 aromatic rings. The third-order valence-corrected chi connectivity index (χ3v) is 3.47. The van der Waals surface area contributed by atoms with Gasteiger partial charge in [0.25, 0.3) is 0 Å². The van der Waals surface area contributed by atoms with Crippen molar-refractivity contribution in [2.24, 2.45) is 5.73 Å². The minimum absolute atomic E-state index is 0.400. The fourth-order valence-electron chi connectivity index (χ4n) is 2.44. The first-order valence-electron chi connectivity index (χ1n) is 7.16. The summed E-state index contributed by atoms with van der Waals surface area (Å²) in [6.45, 7) is 5.56. The molecule has 0 radical (unpaired) electrons. The highest BCUT2D eigenvalue weighted by atomic mass is 15.1. The number of nitrogens with two attached hydrogens (primary N) is 1. The van der Waals surface area contributed by atoms with Crippen molar-refractivity contribution >= 4 is 5.69 Å². The normalized spacial score (nSPS) is 9.90. The fraction of sp³-hybridized carbons (Fsp3) is 0.263. The molecule has 108 valence electrons. The van der Waals surface area contributed by atoms with Gasteiger partial charge in [-0.05, 0) is 43.2 Å². The van der Waals surface area contributed by atoms with E-state index in [1.54, 1.807) is 0 Å². The summed E-state index contributed by atoms with van der Waals surface area (Å²) >= 11 is 0. The standard InChI is InChI=1S/C19H22N2/c1-15-6-11-19(16(2)13-15)21(3)14-18-9-7-17(8-10-18)5-4-12-20/h6-11,13H,12,14,20H2,1-3H3. The molecule has 2 nitrogen and oxygen atoms in total. The van der Waals surface area contributed by atoms with Crippen molar-refractivity contribution < 1.29 is 0 Å². The zero-order valence-corrected chi connectivity index (χ0v) is 13.0. The van der Waals surface area contributed by atoms with Crippen LogP contribution in [0.25, 0.3) is 0 Å². The molecule has 0 heterocycles. The minimum atomic E-state index is 0.400. The van der Waals surface area contributed by atoms with Crippen LogP contribution in [0.5, 0.6) is 0 Å². The summed E-state index contributed by atoms with van der Waals surface area (Å²) in [6.07, 6.45) is 0. The van der Waals surface area contributed by atoms with Crippen molar-refractivity contribution in [2.75, 3.05) is 18.5 Å². The highest BCUT2D eigenvalue weighted by Crippen LogP contribution is 2.21. The van der Waals surface area contributed by atoms with E-state index in [9.17, 15) is 0 Å². The molecular weight excluding hydrogens is 256 g/mol. The summed E-state index contributed by atoms with van der Waals surface area (Å²) in [7, 11) is 2.12. The molecule has 2 heteroatoms. The van der Waals surface area contributed by atoms with Gasteiger partial charge in [0.1, 0.15) is 0 Å². The molecule has 0 aliphatic rings. The van der Waals surface area contributed by atoms with Crippen LogP contribution in [0.1, 0.15) is 22.3 Å². The van der Waals surface area contributed by atoms with Gasteiger partial charge < -0.3 is 10.6 Å². The molecule has 0 saturated heterocycles. The van der Waals surface area contributed by atoms with Crippen molar-refractivity contribution in [1.82, 2.24) is 0 Å². The van der Waals surface area contributed by atoms with Gasteiger partial charge in [0.2, 0.25) is 0 Å². The zero-order valence-electron chi connectivity index (χ0n) is 13.0. The van der Waals surface area contributed by atoms with Crippen molar-refractivity contribution in [1.29, 1.82) is 0 Å². The summed E-state index contributed by atoms with van der Waals surface area (Å²) < 4.78 is 0. The van der Waals surface area contributed by atoms with Gasteiger partial charge in [0, 0.05) is 24.8 Å². The van der Waals surface area contributed by atoms with Crippen LogP contribution >= 0.6 is 0 Å². The topological polar surface area (TPSA) is 29.3 Å². The molecule has 0 amide bonds. The van der Waals surface area contributed by atoms with Gasteiger partial charge >= 0.3 is 0 Å². The molecule has 0 unspecified atom stereocenters. The Balaban J connectivity index is 2.10. The Morgan fingerprint density at radius 3 is 2.38 bits per heavy atom. The van der Waals surface area contributed by atoms with Gasteiger partial charge in [0.05, 0.1) is 6.54 Å². The van der Waals surface area contributed by atoms with E-state index in [0.29, 0.717) is 6.54 Å². The molecule has 0 spiro atoms. The molecular formula is C19H22N2. The highest BCUT2D eigenvalue weighted by molar-refractivity contribution is 5.54. The second kappa shape index (κ2) is 6.97. The van der Waals surface area contributed by atoms with Crippen molar-refractivity contribution in [2.45, 2.75) is 20.4 Å². The summed E-state index contributed by atoms with van der Waals surface area (Å²) in [6, 6.07) is 14.9. The van der Waals surface area contributed by atoms with Crippen LogP contribution < -0.4 is 10.6 Å². The third kappa shape index (κ3) is 4.11. The van der Waals surface area contributed by atoms with Gasteiger partial charge in [-0.1, -0.05) is 41.7 Å². The Morgan fingerprint density at radius 1 is 1.05 bits per heavy atom. The van der Waals surface area contributed by atoms with Gasteiger partial charge in [-0.2, -0.15) is 0 Å². The largest absolute Gasteiger partial charge is 0.370 e. The summed E-state index contributed by atoms with van der Waals surface area (Å²) in [5.74, 6) is 5.91. The Morgan fingerprint density at radius 2 is 1.76 bits per heavy atom. The molecule has 2 aromatic carbocycles. The summed E-state index contributed by atoms with van der Waals surface area (Å²) in [4.78, 5) is 2.27. The Labute approximate surface area is 127 Å². The highest BCUT2D eigenvalue weighted by Gasteiger charge is 2.05. The van der Waals surface area contributed by atoms with E-state index in [4.69, 9.17) is 5.73 Å². The monoisotopic (exact) mass is 278 g/mol. The fourth-order valence-corrected chi connectivity index (χ4v) is 2.44. The van der Waals surface area contributed by atoms with Crippen LogP contribution in [0.2, 0.25) is 0 Å². The van der Waals surface area contributed by atoms with E-state index in [1.807, 2.05) is 12.1 Å². The SMILES string of the molecule is Cc1ccc(N(C)Cc2ccc(C#CCN)cc2)c(C)c1. The van der Waals surface area contributed by atoms with Crippen molar-refractivity contribution in [3.05, 3.63) is 64.7 Å². The van der Waals surface area contributed by atoms with Gasteiger partial charge in [0.15, 0.2) is 0 Å². The molecule has 2 rings (SSSR count). The quantitative estimate of drug-likeness (QED) is 0.873. The van der Waals surface area contributed by atoms with Crippen LogP contribution in [0, 0.1) is 25.7 Å². The van der Waals surface area contributed by atoms with E-state index >= 15 is 0 Å². The van der Waals surface area contributed by atoms with E-state index < -0.39 is 0 Å². The van der Waals surface area contributed by atoms with Crippen molar-refractivity contribution in [3.63, 3.8) is 0 Å². The number of aryl methyl sites for hydroxylation is 2. The molecule has 2 N–H and O–H groups in total. The molecule has 0 fully saturated rings. The van der Waals surface area contributed by atoms with Gasteiger partial charge in [-0.25, -0.2) is 0 Å². The first-order valence-corrected chi connectivity index (χ1v) is 7.16. The van der Waals surface area contributed by atoms with Gasteiger partial charge in [-0.3, -0.25) is 0 Å². The Kier molecular flexibility index (Phi) is 5.03. The lowest BCUT2D eigenvalue weighted by Crippen LogP contribution is -2.17. The molecule has 0 aliphatic carbocycles. The average Bonchev–Trinajstić information content (AvgIpc) is 2.46. The van der Waals surface area contributed by atoms with Crippen LogP contribution in [-0.4, -0.2) is 13.6 Å². The summed E-state index contributed by atoms with van der Waals surface area (Å²) in [5.41, 5.74) is 11.5. The van der Waals surface area contributed by atoms with Crippen molar-refractivity contribution in [3.8, 4) is 11.8 Å². The molecule has 21 heavy (non-hydrogen) atoms. The van der Waals surface area contributed by atoms with E-state index in [1.165, 1.54) is 22.4 Å². The van der Waals surface area contributed by atoms with Crippen LogP contribution in [-0.2, 0) is 6.54 Å². The van der Waals surface area contributed by atoms with E-state index in [2.05, 4.69) is 68.0 Å². The number of benzene rings is 2. The van der Waals surface area contributed by atoms with Crippen LogP contribution in [0.15, 0.2) is 42.5 Å². The third-order valence-electron chi connectivity index (χ3n) is 3.47. The first kappa shape index (κ1) is 15.2. The van der Waals surface area contributed by atoms with Gasteiger partial charge in [-0.15, -0.1) is 0 Å². The molecule has 0 atom stereocenters. The second-order valence-electron chi connectivity index (χ2n) is 5.35. The lowest BCUT2D eigenvalue weighted by Gasteiger charge is -2.22.